The number of carbonyl (C=O) groups excluding carboxylic acids is 1. The Balaban J connectivity index is 1.71. The predicted octanol–water partition coefficient (Wildman–Crippen LogP) is 4.69. The Morgan fingerprint density at radius 2 is 1.82 bits per heavy atom. The molecule has 0 N–H and O–H groups in total. The molecule has 0 saturated carbocycles. The molecule has 0 fully saturated rings. The highest BCUT2D eigenvalue weighted by Crippen LogP contribution is 2.22. The van der Waals surface area contributed by atoms with Crippen molar-refractivity contribution in [3.63, 3.8) is 0 Å². The fraction of sp³-hybridized carbons (Fsp3) is 0.409. The monoisotopic (exact) mass is 396 g/mol. The van der Waals surface area contributed by atoms with Crippen LogP contribution < -0.4 is 0 Å². The lowest BCUT2D eigenvalue weighted by molar-refractivity contribution is 0.102. The molecule has 0 unspecified atom stereocenters. The second kappa shape index (κ2) is 9.24. The van der Waals surface area contributed by atoms with Crippen LogP contribution in [-0.4, -0.2) is 30.9 Å². The largest absolute Gasteiger partial charge is 0.348 e. The number of hydrogen-bond acceptors (Lipinski definition) is 4. The van der Waals surface area contributed by atoms with Gasteiger partial charge in [-0.05, 0) is 38.8 Å². The Kier molecular flexibility index (Phi) is 6.73. The number of nitrogens with zero attached hydrogens (tertiary/aromatic N) is 4. The molecule has 0 spiro atoms. The fourth-order valence-corrected chi connectivity index (χ4v) is 4.42. The third-order valence-electron chi connectivity index (χ3n) is 4.97. The highest BCUT2D eigenvalue weighted by Gasteiger charge is 2.18. The zero-order valence-electron chi connectivity index (χ0n) is 17.1. The van der Waals surface area contributed by atoms with Crippen molar-refractivity contribution < 1.29 is 4.79 Å². The van der Waals surface area contributed by atoms with Crippen LogP contribution in [0.3, 0.4) is 0 Å². The molecule has 2 heterocycles. The van der Waals surface area contributed by atoms with Crippen molar-refractivity contribution >= 4 is 17.5 Å². The first-order valence-electron chi connectivity index (χ1n) is 9.83. The summed E-state index contributed by atoms with van der Waals surface area (Å²) in [4.78, 5) is 12.8. The van der Waals surface area contributed by atoms with E-state index in [1.165, 1.54) is 17.3 Å². The number of rotatable bonds is 9. The van der Waals surface area contributed by atoms with Gasteiger partial charge >= 0.3 is 0 Å². The van der Waals surface area contributed by atoms with Gasteiger partial charge in [0, 0.05) is 36.5 Å². The third kappa shape index (κ3) is 4.38. The Morgan fingerprint density at radius 1 is 1.07 bits per heavy atom. The molecule has 3 rings (SSSR count). The van der Waals surface area contributed by atoms with Gasteiger partial charge in [-0.2, -0.15) is 0 Å². The summed E-state index contributed by atoms with van der Waals surface area (Å²) in [5, 5.41) is 9.52. The number of Topliss-reactive ketones (excluding diaryl/α,β-unsaturated/α-hetero) is 1. The standard InChI is InChI=1S/C22H28N4OS/c1-5-12-26-16(3)13-19(17(26)4)20(27)15-28-22-24-23-21(25(22)6-2)14-18-10-8-7-9-11-18/h7-11,13H,5-6,12,14-15H2,1-4H3. The summed E-state index contributed by atoms with van der Waals surface area (Å²) in [5.41, 5.74) is 4.24. The lowest BCUT2D eigenvalue weighted by atomic mass is 10.1. The van der Waals surface area contributed by atoms with Crippen molar-refractivity contribution in [3.8, 4) is 0 Å². The van der Waals surface area contributed by atoms with Crippen LogP contribution in [-0.2, 0) is 19.5 Å². The number of aromatic nitrogens is 4. The van der Waals surface area contributed by atoms with Gasteiger partial charge in [0.1, 0.15) is 5.82 Å². The maximum absolute atomic E-state index is 12.8. The van der Waals surface area contributed by atoms with Gasteiger partial charge in [0.25, 0.3) is 0 Å². The molecule has 0 radical (unpaired) electrons. The minimum absolute atomic E-state index is 0.149. The molecule has 148 valence electrons. The van der Waals surface area contributed by atoms with Crippen molar-refractivity contribution in [1.82, 2.24) is 19.3 Å². The minimum atomic E-state index is 0.149. The van der Waals surface area contributed by atoms with E-state index in [9.17, 15) is 4.79 Å². The molecule has 0 aliphatic rings. The van der Waals surface area contributed by atoms with Crippen LogP contribution in [0, 0.1) is 13.8 Å². The van der Waals surface area contributed by atoms with Gasteiger partial charge in [0.2, 0.25) is 0 Å². The van der Waals surface area contributed by atoms with Gasteiger partial charge in [0.15, 0.2) is 10.9 Å². The number of ketones is 1. The van der Waals surface area contributed by atoms with Gasteiger partial charge in [-0.3, -0.25) is 4.79 Å². The van der Waals surface area contributed by atoms with E-state index >= 15 is 0 Å². The van der Waals surface area contributed by atoms with E-state index < -0.39 is 0 Å². The average Bonchev–Trinajstić information content (AvgIpc) is 3.22. The van der Waals surface area contributed by atoms with Gasteiger partial charge in [-0.25, -0.2) is 0 Å². The molecule has 6 heteroatoms. The summed E-state index contributed by atoms with van der Waals surface area (Å²) in [7, 11) is 0. The second-order valence-electron chi connectivity index (χ2n) is 6.95. The number of thioether (sulfide) groups is 1. The van der Waals surface area contributed by atoms with Gasteiger partial charge in [0.05, 0.1) is 5.75 Å². The van der Waals surface area contributed by atoms with Crippen molar-refractivity contribution in [2.75, 3.05) is 5.75 Å². The van der Waals surface area contributed by atoms with Crippen LogP contribution in [0.4, 0.5) is 0 Å². The third-order valence-corrected chi connectivity index (χ3v) is 5.94. The molecule has 1 aromatic carbocycles. The maximum atomic E-state index is 12.8. The first-order chi connectivity index (χ1) is 13.5. The minimum Gasteiger partial charge on any atom is -0.348 e. The smallest absolute Gasteiger partial charge is 0.191 e. The molecule has 0 amide bonds. The van der Waals surface area contributed by atoms with Crippen molar-refractivity contribution in [2.24, 2.45) is 0 Å². The molecule has 5 nitrogen and oxygen atoms in total. The lowest BCUT2D eigenvalue weighted by Crippen LogP contribution is -2.08. The summed E-state index contributed by atoms with van der Waals surface area (Å²) in [6.45, 7) is 10.1. The number of hydrogen-bond donors (Lipinski definition) is 0. The van der Waals surface area contributed by atoms with E-state index in [1.54, 1.807) is 0 Å². The number of carbonyl (C=O) groups is 1. The highest BCUT2D eigenvalue weighted by atomic mass is 32.2. The van der Waals surface area contributed by atoms with Gasteiger partial charge in [-0.15, -0.1) is 10.2 Å². The Bertz CT molecular complexity index is 943. The molecular formula is C22H28N4OS. The number of aryl methyl sites for hydroxylation is 1. The normalized spacial score (nSPS) is 11.1. The predicted molar refractivity (Wildman–Crippen MR) is 114 cm³/mol. The summed E-state index contributed by atoms with van der Waals surface area (Å²) < 4.78 is 4.33. The summed E-state index contributed by atoms with van der Waals surface area (Å²) in [5.74, 6) is 1.46. The number of benzene rings is 1. The Labute approximate surface area is 171 Å². The molecule has 0 saturated heterocycles. The van der Waals surface area contributed by atoms with Crippen LogP contribution in [0.1, 0.15) is 53.4 Å². The van der Waals surface area contributed by atoms with Crippen molar-refractivity contribution in [2.45, 2.75) is 58.8 Å². The molecule has 0 aliphatic heterocycles. The van der Waals surface area contributed by atoms with Crippen LogP contribution >= 0.6 is 11.8 Å². The molecule has 28 heavy (non-hydrogen) atoms. The van der Waals surface area contributed by atoms with E-state index in [0.29, 0.717) is 5.75 Å². The van der Waals surface area contributed by atoms with Gasteiger partial charge < -0.3 is 9.13 Å². The Morgan fingerprint density at radius 3 is 2.50 bits per heavy atom. The maximum Gasteiger partial charge on any atom is 0.191 e. The van der Waals surface area contributed by atoms with Crippen molar-refractivity contribution in [1.29, 1.82) is 0 Å². The van der Waals surface area contributed by atoms with Gasteiger partial charge in [-0.1, -0.05) is 49.0 Å². The zero-order valence-corrected chi connectivity index (χ0v) is 17.9. The first-order valence-corrected chi connectivity index (χ1v) is 10.8. The quantitative estimate of drug-likeness (QED) is 0.389. The average molecular weight is 397 g/mol. The van der Waals surface area contributed by atoms with Crippen LogP contribution in [0.25, 0.3) is 0 Å². The van der Waals surface area contributed by atoms with Crippen LogP contribution in [0.2, 0.25) is 0 Å². The van der Waals surface area contributed by atoms with E-state index in [-0.39, 0.29) is 5.78 Å². The zero-order chi connectivity index (χ0) is 20.1. The fourth-order valence-electron chi connectivity index (χ4n) is 3.51. The van der Waals surface area contributed by atoms with Crippen LogP contribution in [0.15, 0.2) is 41.6 Å². The van der Waals surface area contributed by atoms with E-state index in [1.807, 2.05) is 31.2 Å². The molecule has 0 atom stereocenters. The van der Waals surface area contributed by atoms with E-state index in [0.717, 1.165) is 53.9 Å². The summed E-state index contributed by atoms with van der Waals surface area (Å²) in [6.07, 6.45) is 1.80. The highest BCUT2D eigenvalue weighted by molar-refractivity contribution is 7.99. The van der Waals surface area contributed by atoms with E-state index in [2.05, 4.69) is 52.2 Å². The molecule has 2 aromatic heterocycles. The SMILES string of the molecule is CCCn1c(C)cc(C(=O)CSc2nnc(Cc3ccccc3)n2CC)c1C. The molecule has 0 bridgehead atoms. The van der Waals surface area contributed by atoms with Crippen molar-refractivity contribution in [3.05, 3.63) is 64.7 Å². The molecule has 0 aliphatic carbocycles. The second-order valence-corrected chi connectivity index (χ2v) is 7.90. The van der Waals surface area contributed by atoms with E-state index in [4.69, 9.17) is 0 Å². The Hall–Kier alpha value is -2.34. The molecule has 3 aromatic rings. The molecular weight excluding hydrogens is 368 g/mol. The first kappa shape index (κ1) is 20.4. The van der Waals surface area contributed by atoms with Crippen LogP contribution in [0.5, 0.6) is 0 Å². The summed E-state index contributed by atoms with van der Waals surface area (Å²) >= 11 is 1.47. The topological polar surface area (TPSA) is 52.7 Å². The lowest BCUT2D eigenvalue weighted by Gasteiger charge is -2.08. The summed E-state index contributed by atoms with van der Waals surface area (Å²) in [6, 6.07) is 12.3.